The standard InChI is InChI=1S/C21H16BrN3O2S/c22-14-7-8-17-16(12-14)21(27)25(13-23-17)10-9-20(26)24-18-5-2-1-4-15(18)19-6-3-11-28-19/h1-8,11-13H,9-10H2,(H,24,26). The van der Waals surface area contributed by atoms with Crippen LogP contribution in [0.3, 0.4) is 0 Å². The van der Waals surface area contributed by atoms with Gasteiger partial charge in [0.15, 0.2) is 0 Å². The van der Waals surface area contributed by atoms with Crippen molar-refractivity contribution in [2.24, 2.45) is 0 Å². The van der Waals surface area contributed by atoms with Gasteiger partial charge in [0, 0.05) is 33.6 Å². The summed E-state index contributed by atoms with van der Waals surface area (Å²) < 4.78 is 2.29. The number of carbonyl (C=O) groups excluding carboxylic acids is 1. The molecule has 4 aromatic rings. The molecule has 0 atom stereocenters. The van der Waals surface area contributed by atoms with Gasteiger partial charge in [-0.15, -0.1) is 11.3 Å². The molecular weight excluding hydrogens is 438 g/mol. The number of hydrogen-bond acceptors (Lipinski definition) is 4. The molecule has 2 aromatic carbocycles. The molecule has 2 aromatic heterocycles. The number of aryl methyl sites for hydroxylation is 1. The van der Waals surface area contributed by atoms with Crippen molar-refractivity contribution < 1.29 is 4.79 Å². The first-order valence-electron chi connectivity index (χ1n) is 8.69. The fraction of sp³-hybridized carbons (Fsp3) is 0.0952. The van der Waals surface area contributed by atoms with E-state index >= 15 is 0 Å². The van der Waals surface area contributed by atoms with Crippen LogP contribution in [-0.4, -0.2) is 15.5 Å². The molecule has 140 valence electrons. The third-order valence-corrected chi connectivity index (χ3v) is 5.75. The summed E-state index contributed by atoms with van der Waals surface area (Å²) in [6.07, 6.45) is 1.67. The second-order valence-electron chi connectivity index (χ2n) is 6.23. The van der Waals surface area contributed by atoms with Gasteiger partial charge in [-0.2, -0.15) is 0 Å². The van der Waals surface area contributed by atoms with Crippen LogP contribution in [0.25, 0.3) is 21.3 Å². The maximum Gasteiger partial charge on any atom is 0.261 e. The Bertz CT molecular complexity index is 1200. The number of nitrogens with one attached hydrogen (secondary N) is 1. The first-order chi connectivity index (χ1) is 13.6. The van der Waals surface area contributed by atoms with Gasteiger partial charge in [-0.3, -0.25) is 14.2 Å². The number of aromatic nitrogens is 2. The van der Waals surface area contributed by atoms with Gasteiger partial charge in [0.25, 0.3) is 5.56 Å². The summed E-state index contributed by atoms with van der Waals surface area (Å²) in [6.45, 7) is 0.265. The molecule has 4 rings (SSSR count). The van der Waals surface area contributed by atoms with Crippen molar-refractivity contribution in [1.29, 1.82) is 0 Å². The lowest BCUT2D eigenvalue weighted by atomic mass is 10.1. The average Bonchev–Trinajstić information content (AvgIpc) is 3.23. The molecule has 0 saturated heterocycles. The van der Waals surface area contributed by atoms with Crippen LogP contribution in [0.15, 0.2) is 75.6 Å². The minimum Gasteiger partial charge on any atom is -0.325 e. The molecule has 2 heterocycles. The van der Waals surface area contributed by atoms with Crippen LogP contribution in [-0.2, 0) is 11.3 Å². The lowest BCUT2D eigenvalue weighted by molar-refractivity contribution is -0.116. The zero-order chi connectivity index (χ0) is 19.5. The number of anilines is 1. The number of thiophene rings is 1. The molecule has 1 N–H and O–H groups in total. The Kier molecular flexibility index (Phi) is 5.36. The van der Waals surface area contributed by atoms with Gasteiger partial charge in [0.2, 0.25) is 5.91 Å². The van der Waals surface area contributed by atoms with Crippen molar-refractivity contribution in [3.05, 3.63) is 81.1 Å². The largest absolute Gasteiger partial charge is 0.325 e. The maximum absolute atomic E-state index is 12.6. The SMILES string of the molecule is O=C(CCn1cnc2ccc(Br)cc2c1=O)Nc1ccccc1-c1cccs1. The molecule has 7 heteroatoms. The van der Waals surface area contributed by atoms with Crippen LogP contribution < -0.4 is 10.9 Å². The molecule has 0 aliphatic heterocycles. The zero-order valence-electron chi connectivity index (χ0n) is 14.8. The van der Waals surface area contributed by atoms with Crippen molar-refractivity contribution in [2.75, 3.05) is 5.32 Å². The molecule has 0 bridgehead atoms. The fourth-order valence-electron chi connectivity index (χ4n) is 2.96. The molecule has 0 saturated carbocycles. The van der Waals surface area contributed by atoms with E-state index in [9.17, 15) is 9.59 Å². The van der Waals surface area contributed by atoms with E-state index in [4.69, 9.17) is 0 Å². The fourth-order valence-corrected chi connectivity index (χ4v) is 4.09. The molecule has 5 nitrogen and oxygen atoms in total. The summed E-state index contributed by atoms with van der Waals surface area (Å²) in [7, 11) is 0. The van der Waals surface area contributed by atoms with Gasteiger partial charge in [-0.1, -0.05) is 40.2 Å². The van der Waals surface area contributed by atoms with E-state index < -0.39 is 0 Å². The number of rotatable bonds is 5. The van der Waals surface area contributed by atoms with Crippen LogP contribution in [0.2, 0.25) is 0 Å². The highest BCUT2D eigenvalue weighted by atomic mass is 79.9. The van der Waals surface area contributed by atoms with E-state index in [-0.39, 0.29) is 24.4 Å². The Balaban J connectivity index is 1.50. The first-order valence-corrected chi connectivity index (χ1v) is 10.4. The van der Waals surface area contributed by atoms with Crippen LogP contribution in [0.1, 0.15) is 6.42 Å². The topological polar surface area (TPSA) is 64.0 Å². The lowest BCUT2D eigenvalue weighted by Gasteiger charge is -2.11. The van der Waals surface area contributed by atoms with Crippen LogP contribution in [0.4, 0.5) is 5.69 Å². The number of hydrogen-bond donors (Lipinski definition) is 1. The predicted octanol–water partition coefficient (Wildman–Crippen LogP) is 4.92. The summed E-state index contributed by atoms with van der Waals surface area (Å²) in [6, 6.07) is 17.1. The monoisotopic (exact) mass is 453 g/mol. The molecular formula is C21H16BrN3O2S. The zero-order valence-corrected chi connectivity index (χ0v) is 17.2. The summed E-state index contributed by atoms with van der Waals surface area (Å²) in [5.41, 5.74) is 2.24. The van der Waals surface area contributed by atoms with Crippen LogP contribution >= 0.6 is 27.3 Å². The Morgan fingerprint density at radius 3 is 2.82 bits per heavy atom. The summed E-state index contributed by atoms with van der Waals surface area (Å²) >= 11 is 5.00. The Morgan fingerprint density at radius 2 is 2.00 bits per heavy atom. The molecule has 1 amide bonds. The van der Waals surface area contributed by atoms with E-state index in [0.29, 0.717) is 10.9 Å². The second kappa shape index (κ2) is 8.08. The molecule has 0 fully saturated rings. The minimum atomic E-state index is -0.155. The molecule has 0 aliphatic rings. The number of carbonyl (C=O) groups is 1. The van der Waals surface area contributed by atoms with Gasteiger partial charge < -0.3 is 5.32 Å². The predicted molar refractivity (Wildman–Crippen MR) is 117 cm³/mol. The molecule has 28 heavy (non-hydrogen) atoms. The molecule has 0 unspecified atom stereocenters. The smallest absolute Gasteiger partial charge is 0.261 e. The van der Waals surface area contributed by atoms with E-state index in [0.717, 1.165) is 20.6 Å². The Morgan fingerprint density at radius 1 is 1.14 bits per heavy atom. The Labute approximate surface area is 173 Å². The Hall–Kier alpha value is -2.77. The van der Waals surface area contributed by atoms with Crippen LogP contribution in [0.5, 0.6) is 0 Å². The summed E-state index contributed by atoms with van der Waals surface area (Å²) in [5.74, 6) is -0.148. The van der Waals surface area contributed by atoms with Crippen LogP contribution in [0, 0.1) is 0 Å². The normalized spacial score (nSPS) is 10.9. The molecule has 0 radical (unpaired) electrons. The highest BCUT2D eigenvalue weighted by Crippen LogP contribution is 2.31. The van der Waals surface area contributed by atoms with E-state index in [1.807, 2.05) is 47.8 Å². The second-order valence-corrected chi connectivity index (χ2v) is 8.09. The number of benzene rings is 2. The third-order valence-electron chi connectivity index (χ3n) is 4.35. The van der Waals surface area contributed by atoms with Gasteiger partial charge in [-0.25, -0.2) is 4.98 Å². The molecule has 0 spiro atoms. The first kappa shape index (κ1) is 18.6. The third kappa shape index (κ3) is 3.90. The minimum absolute atomic E-state index is 0.148. The number of fused-ring (bicyclic) bond motifs is 1. The number of halogens is 1. The van der Waals surface area contributed by atoms with E-state index in [2.05, 4.69) is 26.2 Å². The quantitative estimate of drug-likeness (QED) is 0.466. The van der Waals surface area contributed by atoms with Crippen molar-refractivity contribution in [1.82, 2.24) is 9.55 Å². The summed E-state index contributed by atoms with van der Waals surface area (Å²) in [5, 5.41) is 5.49. The van der Waals surface area contributed by atoms with Gasteiger partial charge in [0.1, 0.15) is 0 Å². The lowest BCUT2D eigenvalue weighted by Crippen LogP contribution is -2.23. The van der Waals surface area contributed by atoms with Crippen molar-refractivity contribution in [3.63, 3.8) is 0 Å². The number of nitrogens with zero attached hydrogens (tertiary/aromatic N) is 2. The van der Waals surface area contributed by atoms with Gasteiger partial charge in [0.05, 0.1) is 17.2 Å². The molecule has 0 aliphatic carbocycles. The van der Waals surface area contributed by atoms with Gasteiger partial charge >= 0.3 is 0 Å². The van der Waals surface area contributed by atoms with Crippen molar-refractivity contribution >= 4 is 49.8 Å². The summed E-state index contributed by atoms with van der Waals surface area (Å²) in [4.78, 5) is 30.5. The van der Waals surface area contributed by atoms with Crippen molar-refractivity contribution in [3.8, 4) is 10.4 Å². The van der Waals surface area contributed by atoms with E-state index in [1.165, 1.54) is 10.9 Å². The highest BCUT2D eigenvalue weighted by Gasteiger charge is 2.10. The van der Waals surface area contributed by atoms with E-state index in [1.54, 1.807) is 23.5 Å². The highest BCUT2D eigenvalue weighted by molar-refractivity contribution is 9.10. The average molecular weight is 454 g/mol. The number of para-hydroxylation sites is 1. The maximum atomic E-state index is 12.6. The van der Waals surface area contributed by atoms with Gasteiger partial charge in [-0.05, 0) is 35.7 Å². The number of amides is 1. The van der Waals surface area contributed by atoms with Crippen molar-refractivity contribution in [2.45, 2.75) is 13.0 Å².